The number of carboxylic acids is 1. The maximum Gasteiger partial charge on any atom is 0.326 e. The number of urea groups is 1. The molecule has 1 aliphatic heterocycles. The lowest BCUT2D eigenvalue weighted by Crippen LogP contribution is -2.74. The van der Waals surface area contributed by atoms with Crippen LogP contribution in [0.5, 0.6) is 0 Å². The fourth-order valence-corrected chi connectivity index (χ4v) is 5.65. The topological polar surface area (TPSA) is 209 Å². The molecule has 4 unspecified atom stereocenters. The molecule has 1 aliphatic rings. The zero-order valence-electron chi connectivity index (χ0n) is 24.9. The summed E-state index contributed by atoms with van der Waals surface area (Å²) in [4.78, 5) is 70.4. The Bertz CT molecular complexity index is 1340. The summed E-state index contributed by atoms with van der Waals surface area (Å²) < 4.78 is 0. The number of carbonyl (C=O) groups is 5. The molecule has 4 amide bonds. The van der Waals surface area contributed by atoms with Gasteiger partial charge in [0.15, 0.2) is 5.96 Å². The summed E-state index contributed by atoms with van der Waals surface area (Å²) in [5.41, 5.74) is 11.8. The number of aliphatic carboxylic acids is 1. The van der Waals surface area contributed by atoms with Crippen molar-refractivity contribution in [2.75, 3.05) is 13.1 Å². The lowest BCUT2D eigenvalue weighted by molar-refractivity contribution is -0.154. The lowest BCUT2D eigenvalue weighted by Gasteiger charge is -2.50. The van der Waals surface area contributed by atoms with E-state index in [-0.39, 0.29) is 37.7 Å². The molecular formula is C31H41N7O6. The van der Waals surface area contributed by atoms with E-state index in [0.717, 1.165) is 5.56 Å². The molecule has 13 heteroatoms. The fraction of sp³-hybridized carbons (Fsp3) is 0.419. The molecule has 2 aromatic carbocycles. The van der Waals surface area contributed by atoms with Gasteiger partial charge in [-0.05, 0) is 36.3 Å². The predicted octanol–water partition coefficient (Wildman–Crippen LogP) is 0.567. The summed E-state index contributed by atoms with van der Waals surface area (Å²) in [5.74, 6) is -2.94. The highest BCUT2D eigenvalue weighted by molar-refractivity contribution is 5.95. The number of amides is 4. The highest BCUT2D eigenvalue weighted by atomic mass is 16.4. The number of carbonyl (C=O) groups excluding carboxylic acids is 4. The van der Waals surface area contributed by atoms with Crippen LogP contribution in [0.1, 0.15) is 37.8 Å². The van der Waals surface area contributed by atoms with E-state index < -0.39 is 54.0 Å². The van der Waals surface area contributed by atoms with Gasteiger partial charge in [0.05, 0.1) is 18.6 Å². The van der Waals surface area contributed by atoms with Crippen molar-refractivity contribution < 1.29 is 29.1 Å². The third-order valence-corrected chi connectivity index (χ3v) is 7.51. The molecule has 0 radical (unpaired) electrons. The number of aliphatic imine (C=N–C) groups is 1. The van der Waals surface area contributed by atoms with Crippen molar-refractivity contribution in [1.29, 1.82) is 0 Å². The van der Waals surface area contributed by atoms with Gasteiger partial charge in [0, 0.05) is 13.0 Å². The number of hydrogen-bond donors (Lipinski definition) is 6. The fourth-order valence-electron chi connectivity index (χ4n) is 5.65. The van der Waals surface area contributed by atoms with Gasteiger partial charge >= 0.3 is 12.0 Å². The number of nitrogens with zero attached hydrogens (tertiary/aromatic N) is 2. The van der Waals surface area contributed by atoms with E-state index in [9.17, 15) is 29.1 Å². The van der Waals surface area contributed by atoms with Gasteiger partial charge in [0.25, 0.3) is 0 Å². The second-order valence-electron chi connectivity index (χ2n) is 11.2. The number of carboxylic acid groups (broad SMARTS) is 1. The second-order valence-corrected chi connectivity index (χ2v) is 11.2. The van der Waals surface area contributed by atoms with Crippen molar-refractivity contribution in [3.8, 4) is 0 Å². The number of nitrogens with one attached hydrogen (secondary N) is 3. The summed E-state index contributed by atoms with van der Waals surface area (Å²) in [5, 5.41) is 17.5. The molecule has 13 nitrogen and oxygen atoms in total. The minimum Gasteiger partial charge on any atom is -0.480 e. The van der Waals surface area contributed by atoms with Gasteiger partial charge in [0.2, 0.25) is 11.8 Å². The number of hydrogen-bond acceptors (Lipinski definition) is 8. The van der Waals surface area contributed by atoms with Crippen LogP contribution in [-0.4, -0.2) is 82.8 Å². The van der Waals surface area contributed by atoms with Crippen LogP contribution in [0.25, 0.3) is 0 Å². The molecular weight excluding hydrogens is 566 g/mol. The van der Waals surface area contributed by atoms with Gasteiger partial charge in [-0.15, -0.1) is 0 Å². The first-order chi connectivity index (χ1) is 21.0. The van der Waals surface area contributed by atoms with Crippen LogP contribution in [0.2, 0.25) is 0 Å². The Labute approximate surface area is 256 Å². The highest BCUT2D eigenvalue weighted by Gasteiger charge is 2.54. The van der Waals surface area contributed by atoms with Gasteiger partial charge in [-0.2, -0.15) is 0 Å². The smallest absolute Gasteiger partial charge is 0.326 e. The van der Waals surface area contributed by atoms with Crippen LogP contribution in [0.3, 0.4) is 0 Å². The summed E-state index contributed by atoms with van der Waals surface area (Å²) in [7, 11) is 0. The normalized spacial score (nSPS) is 17.2. The number of primary amides is 1. The number of rotatable bonds is 15. The molecule has 8 N–H and O–H groups in total. The summed E-state index contributed by atoms with van der Waals surface area (Å²) >= 11 is 0. The van der Waals surface area contributed by atoms with Crippen molar-refractivity contribution in [1.82, 2.24) is 20.9 Å². The van der Waals surface area contributed by atoms with E-state index in [2.05, 4.69) is 20.9 Å². The van der Waals surface area contributed by atoms with Gasteiger partial charge in [-0.3, -0.25) is 14.6 Å². The van der Waals surface area contributed by atoms with Crippen LogP contribution in [0.15, 0.2) is 65.7 Å². The van der Waals surface area contributed by atoms with E-state index in [1.807, 2.05) is 19.9 Å². The second kappa shape index (κ2) is 15.5. The van der Waals surface area contributed by atoms with Crippen LogP contribution >= 0.6 is 0 Å². The van der Waals surface area contributed by atoms with E-state index >= 15 is 0 Å². The minimum atomic E-state index is -1.73. The Morgan fingerprint density at radius 2 is 1.66 bits per heavy atom. The van der Waals surface area contributed by atoms with Crippen molar-refractivity contribution in [3.05, 3.63) is 71.8 Å². The largest absolute Gasteiger partial charge is 0.480 e. The van der Waals surface area contributed by atoms with E-state index in [0.29, 0.717) is 18.3 Å². The van der Waals surface area contributed by atoms with E-state index in [4.69, 9.17) is 11.5 Å². The highest BCUT2D eigenvalue weighted by Crippen LogP contribution is 2.33. The van der Waals surface area contributed by atoms with Crippen molar-refractivity contribution in [2.45, 2.75) is 63.2 Å². The molecule has 0 aliphatic carbocycles. The number of aldehydes is 1. The Balaban J connectivity index is 1.95. The molecule has 0 aromatic heterocycles. The molecule has 3 rings (SSSR count). The van der Waals surface area contributed by atoms with E-state index in [1.54, 1.807) is 54.6 Å². The van der Waals surface area contributed by atoms with Crippen molar-refractivity contribution in [3.63, 3.8) is 0 Å². The monoisotopic (exact) mass is 607 g/mol. The molecule has 0 saturated carbocycles. The van der Waals surface area contributed by atoms with Gasteiger partial charge < -0.3 is 42.2 Å². The lowest BCUT2D eigenvalue weighted by atomic mass is 9.76. The minimum absolute atomic E-state index is 0.0173. The molecule has 0 bridgehead atoms. The molecule has 2 aromatic rings. The quantitative estimate of drug-likeness (QED) is 0.157. The van der Waals surface area contributed by atoms with Crippen LogP contribution in [0, 0.1) is 5.92 Å². The first-order valence-electron chi connectivity index (χ1n) is 14.5. The Hall–Kier alpha value is -4.94. The first kappa shape index (κ1) is 33.6. The molecule has 44 heavy (non-hydrogen) atoms. The molecule has 0 saturated heterocycles. The van der Waals surface area contributed by atoms with Crippen LogP contribution in [0.4, 0.5) is 4.79 Å². The number of nitrogens with two attached hydrogens (primary N) is 2. The molecule has 0 fully saturated rings. The number of guanidine groups is 1. The summed E-state index contributed by atoms with van der Waals surface area (Å²) in [6.45, 7) is 3.34. The molecule has 0 spiro atoms. The standard InChI is InChI=1S/C31H41N7O6/c1-20(2)17-31(28(32)43,25-13-14-34-29(33)37-25)38(23(19-39)15-21-9-5-3-6-10-21)26(40)18-35-30(44)36-24(27(41)42)16-22-11-7-4-8-12-22/h3-12,19-20,23-25H,13-18H2,1-2H3,(H2,32,43)(H,41,42)(H3,33,34,37)(H2,35,36,44). The Morgan fingerprint density at radius 3 is 2.16 bits per heavy atom. The maximum atomic E-state index is 14.1. The zero-order valence-corrected chi connectivity index (χ0v) is 24.9. The average Bonchev–Trinajstić information content (AvgIpc) is 2.99. The Kier molecular flexibility index (Phi) is 11.8. The SMILES string of the molecule is CC(C)CC(C(N)=O)(C1CCN=C(N)N1)N(C(=O)CNC(=O)NC(Cc1ccccc1)C(=O)O)C(C=O)Cc1ccccc1. The van der Waals surface area contributed by atoms with Gasteiger partial charge in [-0.25, -0.2) is 9.59 Å². The number of benzene rings is 2. The van der Waals surface area contributed by atoms with E-state index in [1.165, 1.54) is 4.90 Å². The first-order valence-corrected chi connectivity index (χ1v) is 14.5. The zero-order chi connectivity index (χ0) is 32.3. The Morgan fingerprint density at radius 1 is 1.07 bits per heavy atom. The molecule has 1 heterocycles. The van der Waals surface area contributed by atoms with Crippen molar-refractivity contribution in [2.24, 2.45) is 22.4 Å². The molecule has 236 valence electrons. The average molecular weight is 608 g/mol. The van der Waals surface area contributed by atoms with Gasteiger partial charge in [-0.1, -0.05) is 74.5 Å². The predicted molar refractivity (Wildman–Crippen MR) is 164 cm³/mol. The maximum absolute atomic E-state index is 14.1. The summed E-state index contributed by atoms with van der Waals surface area (Å²) in [6, 6.07) is 13.6. The van der Waals surface area contributed by atoms with Crippen molar-refractivity contribution >= 4 is 36.1 Å². The van der Waals surface area contributed by atoms with Gasteiger partial charge in [0.1, 0.15) is 17.9 Å². The third kappa shape index (κ3) is 8.55. The van der Waals surface area contributed by atoms with Crippen LogP contribution in [-0.2, 0) is 32.0 Å². The molecule has 4 atom stereocenters. The van der Waals surface area contributed by atoms with Crippen LogP contribution < -0.4 is 27.4 Å². The third-order valence-electron chi connectivity index (χ3n) is 7.51. The summed E-state index contributed by atoms with van der Waals surface area (Å²) in [6.07, 6.45) is 1.06.